The number of nitrogens with zero attached hydrogens (tertiary/aromatic N) is 2. The number of nitrogens with two attached hydrogens (primary N) is 1. The lowest BCUT2D eigenvalue weighted by Gasteiger charge is -2.28. The molecule has 16 heavy (non-hydrogen) atoms. The molecule has 1 aromatic heterocycles. The maximum atomic E-state index is 6.29. The number of imidazole rings is 1. The molecule has 0 aromatic carbocycles. The van der Waals surface area contributed by atoms with Gasteiger partial charge in [-0.15, -0.1) is 0 Å². The van der Waals surface area contributed by atoms with Gasteiger partial charge in [0.25, 0.3) is 0 Å². The van der Waals surface area contributed by atoms with E-state index in [1.54, 1.807) is 0 Å². The summed E-state index contributed by atoms with van der Waals surface area (Å²) < 4.78 is 7.64. The maximum absolute atomic E-state index is 6.29. The first kappa shape index (κ1) is 11.6. The number of rotatable bonds is 3. The van der Waals surface area contributed by atoms with Crippen molar-refractivity contribution >= 4 is 0 Å². The van der Waals surface area contributed by atoms with Crippen LogP contribution in [0.25, 0.3) is 0 Å². The zero-order valence-electron chi connectivity index (χ0n) is 10.1. The van der Waals surface area contributed by atoms with E-state index in [0.29, 0.717) is 12.0 Å². The quantitative estimate of drug-likeness (QED) is 0.851. The van der Waals surface area contributed by atoms with E-state index in [9.17, 15) is 0 Å². The van der Waals surface area contributed by atoms with Crippen molar-refractivity contribution in [2.45, 2.75) is 38.8 Å². The predicted molar refractivity (Wildman–Crippen MR) is 63.1 cm³/mol. The average molecular weight is 223 g/mol. The van der Waals surface area contributed by atoms with Crippen LogP contribution in [0.5, 0.6) is 0 Å². The molecule has 4 heteroatoms. The maximum Gasteiger partial charge on any atom is 0.126 e. The van der Waals surface area contributed by atoms with Crippen LogP contribution in [0.15, 0.2) is 12.4 Å². The van der Waals surface area contributed by atoms with Gasteiger partial charge in [0, 0.05) is 31.0 Å². The average Bonchev–Trinajstić information content (AvgIpc) is 2.78. The van der Waals surface area contributed by atoms with Crippen LogP contribution in [0.2, 0.25) is 0 Å². The van der Waals surface area contributed by atoms with E-state index in [1.165, 1.54) is 0 Å². The predicted octanol–water partition coefficient (Wildman–Crippen LogP) is 1.89. The molecule has 2 heterocycles. The third-order valence-electron chi connectivity index (χ3n) is 3.26. The molecule has 90 valence electrons. The highest BCUT2D eigenvalue weighted by molar-refractivity contribution is 5.02. The SMILES string of the molecule is CC(C)n1ccnc1[C@H](N)[C@H]1CCCOC1. The Morgan fingerprint density at radius 1 is 1.56 bits per heavy atom. The molecular weight excluding hydrogens is 202 g/mol. The van der Waals surface area contributed by atoms with E-state index < -0.39 is 0 Å². The minimum Gasteiger partial charge on any atom is -0.381 e. The molecule has 1 saturated heterocycles. The van der Waals surface area contributed by atoms with Crippen LogP contribution >= 0.6 is 0 Å². The van der Waals surface area contributed by atoms with Crippen LogP contribution < -0.4 is 5.73 Å². The van der Waals surface area contributed by atoms with E-state index >= 15 is 0 Å². The van der Waals surface area contributed by atoms with Crippen molar-refractivity contribution in [3.63, 3.8) is 0 Å². The van der Waals surface area contributed by atoms with Gasteiger partial charge in [0.2, 0.25) is 0 Å². The molecule has 1 aromatic rings. The Labute approximate surface area is 96.8 Å². The van der Waals surface area contributed by atoms with Gasteiger partial charge in [0.05, 0.1) is 12.6 Å². The molecular formula is C12H21N3O. The first-order valence-corrected chi connectivity index (χ1v) is 6.06. The van der Waals surface area contributed by atoms with Crippen molar-refractivity contribution in [1.29, 1.82) is 0 Å². The van der Waals surface area contributed by atoms with Crippen molar-refractivity contribution in [3.8, 4) is 0 Å². The molecule has 0 saturated carbocycles. The molecule has 0 unspecified atom stereocenters. The molecule has 1 aliphatic heterocycles. The van der Waals surface area contributed by atoms with Crippen LogP contribution in [0, 0.1) is 5.92 Å². The molecule has 2 atom stereocenters. The summed E-state index contributed by atoms with van der Waals surface area (Å²) in [5.74, 6) is 1.40. The number of ether oxygens (including phenoxy) is 1. The fraction of sp³-hybridized carbons (Fsp3) is 0.750. The first-order chi connectivity index (χ1) is 7.70. The monoisotopic (exact) mass is 223 g/mol. The van der Waals surface area contributed by atoms with Crippen molar-refractivity contribution in [1.82, 2.24) is 9.55 Å². The normalized spacial score (nSPS) is 23.6. The minimum atomic E-state index is -0.00213. The van der Waals surface area contributed by atoms with Gasteiger partial charge in [0.1, 0.15) is 5.82 Å². The largest absolute Gasteiger partial charge is 0.381 e. The van der Waals surface area contributed by atoms with Crippen LogP contribution in [-0.2, 0) is 4.74 Å². The number of hydrogen-bond donors (Lipinski definition) is 1. The molecule has 2 N–H and O–H groups in total. The Balaban J connectivity index is 2.12. The highest BCUT2D eigenvalue weighted by Crippen LogP contribution is 2.27. The molecule has 4 nitrogen and oxygen atoms in total. The van der Waals surface area contributed by atoms with E-state index in [4.69, 9.17) is 10.5 Å². The lowest BCUT2D eigenvalue weighted by molar-refractivity contribution is 0.0430. The molecule has 0 aliphatic carbocycles. The Hall–Kier alpha value is -0.870. The van der Waals surface area contributed by atoms with Gasteiger partial charge in [0.15, 0.2) is 0 Å². The Kier molecular flexibility index (Phi) is 3.61. The summed E-state index contributed by atoms with van der Waals surface area (Å²) in [6.45, 7) is 5.94. The lowest BCUT2D eigenvalue weighted by atomic mass is 9.93. The summed E-state index contributed by atoms with van der Waals surface area (Å²) in [4.78, 5) is 4.39. The Morgan fingerprint density at radius 2 is 2.38 bits per heavy atom. The highest BCUT2D eigenvalue weighted by Gasteiger charge is 2.25. The van der Waals surface area contributed by atoms with E-state index in [2.05, 4.69) is 23.4 Å². The van der Waals surface area contributed by atoms with Gasteiger partial charge in [-0.25, -0.2) is 4.98 Å². The topological polar surface area (TPSA) is 53.1 Å². The first-order valence-electron chi connectivity index (χ1n) is 6.06. The van der Waals surface area contributed by atoms with Crippen LogP contribution in [0.1, 0.15) is 44.6 Å². The zero-order chi connectivity index (χ0) is 11.5. The molecule has 2 rings (SSSR count). The van der Waals surface area contributed by atoms with Gasteiger partial charge in [-0.3, -0.25) is 0 Å². The van der Waals surface area contributed by atoms with Crippen molar-refractivity contribution in [3.05, 3.63) is 18.2 Å². The van der Waals surface area contributed by atoms with Crippen LogP contribution in [0.3, 0.4) is 0 Å². The second kappa shape index (κ2) is 4.97. The number of aromatic nitrogens is 2. The summed E-state index contributed by atoms with van der Waals surface area (Å²) in [5.41, 5.74) is 6.29. The standard InChI is InChI=1S/C12H21N3O/c1-9(2)15-6-5-14-12(15)11(13)10-4-3-7-16-8-10/h5-6,9-11H,3-4,7-8,13H2,1-2H3/t10-,11+/m0/s1. The fourth-order valence-electron chi connectivity index (χ4n) is 2.28. The molecule has 0 amide bonds. The van der Waals surface area contributed by atoms with Crippen LogP contribution in [0.4, 0.5) is 0 Å². The van der Waals surface area contributed by atoms with E-state index in [0.717, 1.165) is 31.9 Å². The smallest absolute Gasteiger partial charge is 0.126 e. The van der Waals surface area contributed by atoms with Gasteiger partial charge in [-0.2, -0.15) is 0 Å². The second-order valence-electron chi connectivity index (χ2n) is 4.79. The molecule has 0 radical (unpaired) electrons. The zero-order valence-corrected chi connectivity index (χ0v) is 10.1. The van der Waals surface area contributed by atoms with Crippen molar-refractivity contribution < 1.29 is 4.74 Å². The fourth-order valence-corrected chi connectivity index (χ4v) is 2.28. The summed E-state index contributed by atoms with van der Waals surface area (Å²) in [6, 6.07) is 0.408. The highest BCUT2D eigenvalue weighted by atomic mass is 16.5. The van der Waals surface area contributed by atoms with E-state index in [-0.39, 0.29) is 6.04 Å². The van der Waals surface area contributed by atoms with Gasteiger partial charge in [-0.05, 0) is 26.7 Å². The number of hydrogen-bond acceptors (Lipinski definition) is 3. The third-order valence-corrected chi connectivity index (χ3v) is 3.26. The van der Waals surface area contributed by atoms with Gasteiger partial charge < -0.3 is 15.0 Å². The Morgan fingerprint density at radius 3 is 3.00 bits per heavy atom. The second-order valence-corrected chi connectivity index (χ2v) is 4.79. The summed E-state index contributed by atoms with van der Waals surface area (Å²) in [5, 5.41) is 0. The van der Waals surface area contributed by atoms with Crippen molar-refractivity contribution in [2.24, 2.45) is 11.7 Å². The summed E-state index contributed by atoms with van der Waals surface area (Å²) in [7, 11) is 0. The lowest BCUT2D eigenvalue weighted by Crippen LogP contribution is -2.31. The summed E-state index contributed by atoms with van der Waals surface area (Å²) >= 11 is 0. The molecule has 1 aliphatic rings. The Bertz CT molecular complexity index is 329. The molecule has 0 spiro atoms. The molecule has 1 fully saturated rings. The van der Waals surface area contributed by atoms with E-state index in [1.807, 2.05) is 12.4 Å². The minimum absolute atomic E-state index is 0.00213. The third kappa shape index (κ3) is 2.28. The summed E-state index contributed by atoms with van der Waals surface area (Å²) in [6.07, 6.45) is 6.09. The van der Waals surface area contributed by atoms with Crippen molar-refractivity contribution in [2.75, 3.05) is 13.2 Å². The van der Waals surface area contributed by atoms with Gasteiger partial charge in [-0.1, -0.05) is 0 Å². The molecule has 0 bridgehead atoms. The van der Waals surface area contributed by atoms with Gasteiger partial charge >= 0.3 is 0 Å². The van der Waals surface area contributed by atoms with Crippen LogP contribution in [-0.4, -0.2) is 22.8 Å².